The van der Waals surface area contributed by atoms with E-state index < -0.39 is 0 Å². The fourth-order valence-corrected chi connectivity index (χ4v) is 2.16. The Morgan fingerprint density at radius 2 is 2.33 bits per heavy atom. The number of nitrogen functional groups attached to an aromatic ring is 1. The molecule has 0 atom stereocenters. The Bertz CT molecular complexity index is 365. The van der Waals surface area contributed by atoms with Gasteiger partial charge in [0.25, 0.3) is 0 Å². The first-order chi connectivity index (χ1) is 7.29. The highest BCUT2D eigenvalue weighted by molar-refractivity contribution is 7.15. The molecule has 0 aliphatic heterocycles. The Labute approximate surface area is 92.5 Å². The molecular weight excluding hydrogens is 210 g/mol. The van der Waals surface area contributed by atoms with Crippen LogP contribution in [-0.4, -0.2) is 27.7 Å². The highest BCUT2D eigenvalue weighted by Gasteiger charge is 2.29. The van der Waals surface area contributed by atoms with Crippen LogP contribution >= 0.6 is 11.3 Å². The largest absolute Gasteiger partial charge is 0.374 e. The van der Waals surface area contributed by atoms with Gasteiger partial charge in [-0.2, -0.15) is 5.26 Å². The quantitative estimate of drug-likeness (QED) is 0.805. The normalized spacial score (nSPS) is 15.5. The van der Waals surface area contributed by atoms with Crippen LogP contribution in [-0.2, 0) is 6.54 Å². The van der Waals surface area contributed by atoms with Gasteiger partial charge in [0.1, 0.15) is 5.01 Å². The van der Waals surface area contributed by atoms with Crippen LogP contribution in [0.15, 0.2) is 0 Å². The fourth-order valence-electron chi connectivity index (χ4n) is 1.53. The van der Waals surface area contributed by atoms with Crippen LogP contribution in [0.25, 0.3) is 0 Å². The van der Waals surface area contributed by atoms with Crippen molar-refractivity contribution < 1.29 is 0 Å². The minimum absolute atomic E-state index is 0.515. The van der Waals surface area contributed by atoms with Crippen LogP contribution in [0, 0.1) is 11.3 Å². The van der Waals surface area contributed by atoms with E-state index in [0.717, 1.165) is 18.1 Å². The minimum atomic E-state index is 0.515. The molecule has 0 aromatic carbocycles. The first kappa shape index (κ1) is 10.3. The lowest BCUT2D eigenvalue weighted by Gasteiger charge is -2.18. The van der Waals surface area contributed by atoms with E-state index in [1.54, 1.807) is 0 Å². The van der Waals surface area contributed by atoms with E-state index in [9.17, 15) is 0 Å². The van der Waals surface area contributed by atoms with Gasteiger partial charge in [0, 0.05) is 19.0 Å². The summed E-state index contributed by atoms with van der Waals surface area (Å²) in [6.45, 7) is 1.60. The molecule has 0 saturated heterocycles. The standard InChI is InChI=1S/C9H13N5S/c10-4-1-5-14(7-2-3-7)6-8-12-13-9(11)15-8/h7H,1-3,5-6H2,(H2,11,13). The van der Waals surface area contributed by atoms with Crippen molar-refractivity contribution in [3.8, 4) is 6.07 Å². The maximum atomic E-state index is 8.57. The Morgan fingerprint density at radius 3 is 2.87 bits per heavy atom. The van der Waals surface area contributed by atoms with Crippen molar-refractivity contribution in [1.82, 2.24) is 15.1 Å². The van der Waals surface area contributed by atoms with Crippen LogP contribution in [0.2, 0.25) is 0 Å². The summed E-state index contributed by atoms with van der Waals surface area (Å²) < 4.78 is 0. The zero-order valence-corrected chi connectivity index (χ0v) is 9.20. The number of hydrogen-bond donors (Lipinski definition) is 1. The first-order valence-corrected chi connectivity index (χ1v) is 5.80. The van der Waals surface area contributed by atoms with Crippen molar-refractivity contribution >= 4 is 16.5 Å². The molecular formula is C9H13N5S. The number of anilines is 1. The predicted molar refractivity (Wildman–Crippen MR) is 58.0 cm³/mol. The number of aromatic nitrogens is 2. The molecule has 0 radical (unpaired) electrons. The third-order valence-electron chi connectivity index (χ3n) is 2.39. The molecule has 0 spiro atoms. The first-order valence-electron chi connectivity index (χ1n) is 4.98. The fraction of sp³-hybridized carbons (Fsp3) is 0.667. The maximum Gasteiger partial charge on any atom is 0.203 e. The highest BCUT2D eigenvalue weighted by Crippen LogP contribution is 2.29. The summed E-state index contributed by atoms with van der Waals surface area (Å²) in [5, 5.41) is 17.8. The molecule has 2 N–H and O–H groups in total. The van der Waals surface area contributed by atoms with Gasteiger partial charge < -0.3 is 5.73 Å². The topological polar surface area (TPSA) is 78.8 Å². The van der Waals surface area contributed by atoms with Gasteiger partial charge in [-0.15, -0.1) is 10.2 Å². The lowest BCUT2D eigenvalue weighted by Crippen LogP contribution is -2.26. The van der Waals surface area contributed by atoms with E-state index in [1.165, 1.54) is 24.2 Å². The van der Waals surface area contributed by atoms with Crippen molar-refractivity contribution in [1.29, 1.82) is 5.26 Å². The van der Waals surface area contributed by atoms with Gasteiger partial charge in [-0.1, -0.05) is 11.3 Å². The molecule has 80 valence electrons. The van der Waals surface area contributed by atoms with Crippen LogP contribution in [0.3, 0.4) is 0 Å². The summed E-state index contributed by atoms with van der Waals surface area (Å²) >= 11 is 1.43. The predicted octanol–water partition coefficient (Wildman–Crippen LogP) is 0.998. The minimum Gasteiger partial charge on any atom is -0.374 e. The summed E-state index contributed by atoms with van der Waals surface area (Å²) in [6, 6.07) is 2.81. The van der Waals surface area contributed by atoms with Gasteiger partial charge in [-0.3, -0.25) is 4.90 Å². The van der Waals surface area contributed by atoms with Crippen molar-refractivity contribution in [2.45, 2.75) is 31.8 Å². The van der Waals surface area contributed by atoms with Crippen molar-refractivity contribution in [3.05, 3.63) is 5.01 Å². The van der Waals surface area contributed by atoms with E-state index in [-0.39, 0.29) is 0 Å². The number of nitriles is 1. The average Bonchev–Trinajstić information content (AvgIpc) is 2.98. The Hall–Kier alpha value is -1.19. The summed E-state index contributed by atoms with van der Waals surface area (Å²) in [6.07, 6.45) is 3.05. The SMILES string of the molecule is N#CCCN(Cc1nnc(N)s1)C1CC1. The van der Waals surface area contributed by atoms with E-state index in [2.05, 4.69) is 21.2 Å². The van der Waals surface area contributed by atoms with Gasteiger partial charge in [0.05, 0.1) is 12.6 Å². The second-order valence-electron chi connectivity index (χ2n) is 3.64. The van der Waals surface area contributed by atoms with E-state index in [4.69, 9.17) is 11.0 Å². The zero-order chi connectivity index (χ0) is 10.7. The zero-order valence-electron chi connectivity index (χ0n) is 8.39. The molecule has 6 heteroatoms. The Morgan fingerprint density at radius 1 is 1.53 bits per heavy atom. The highest BCUT2D eigenvalue weighted by atomic mass is 32.1. The van der Waals surface area contributed by atoms with Gasteiger partial charge in [-0.25, -0.2) is 0 Å². The van der Waals surface area contributed by atoms with E-state index in [1.807, 2.05) is 0 Å². The van der Waals surface area contributed by atoms with Gasteiger partial charge >= 0.3 is 0 Å². The molecule has 1 aromatic heterocycles. The van der Waals surface area contributed by atoms with Gasteiger partial charge in [-0.05, 0) is 12.8 Å². The number of rotatable bonds is 5. The lowest BCUT2D eigenvalue weighted by molar-refractivity contribution is 0.260. The number of nitrogens with zero attached hydrogens (tertiary/aromatic N) is 4. The molecule has 5 nitrogen and oxygen atoms in total. The van der Waals surface area contributed by atoms with E-state index >= 15 is 0 Å². The van der Waals surface area contributed by atoms with Crippen molar-refractivity contribution in [2.75, 3.05) is 12.3 Å². The molecule has 2 rings (SSSR count). The Kier molecular flexibility index (Phi) is 3.14. The molecule has 0 unspecified atom stereocenters. The Balaban J connectivity index is 1.91. The summed E-state index contributed by atoms with van der Waals surface area (Å²) in [7, 11) is 0. The molecule has 1 aliphatic carbocycles. The molecule has 1 heterocycles. The van der Waals surface area contributed by atoms with Crippen LogP contribution in [0.5, 0.6) is 0 Å². The molecule has 1 aromatic rings. The summed E-state index contributed by atoms with van der Waals surface area (Å²) in [5.74, 6) is 0. The molecule has 1 fully saturated rings. The van der Waals surface area contributed by atoms with Crippen molar-refractivity contribution in [3.63, 3.8) is 0 Å². The molecule has 1 saturated carbocycles. The van der Waals surface area contributed by atoms with E-state index in [0.29, 0.717) is 17.6 Å². The molecule has 0 amide bonds. The molecule has 0 bridgehead atoms. The lowest BCUT2D eigenvalue weighted by atomic mass is 10.4. The average molecular weight is 223 g/mol. The maximum absolute atomic E-state index is 8.57. The second kappa shape index (κ2) is 4.55. The van der Waals surface area contributed by atoms with Gasteiger partial charge in [0.2, 0.25) is 5.13 Å². The second-order valence-corrected chi connectivity index (χ2v) is 4.74. The monoisotopic (exact) mass is 223 g/mol. The summed E-state index contributed by atoms with van der Waals surface area (Å²) in [4.78, 5) is 2.29. The number of nitrogens with two attached hydrogens (primary N) is 1. The third-order valence-corrected chi connectivity index (χ3v) is 3.13. The summed E-state index contributed by atoms with van der Waals surface area (Å²) in [5.41, 5.74) is 5.52. The third kappa shape index (κ3) is 2.88. The van der Waals surface area contributed by atoms with Crippen LogP contribution < -0.4 is 5.73 Å². The molecule has 1 aliphatic rings. The van der Waals surface area contributed by atoms with Crippen molar-refractivity contribution in [2.24, 2.45) is 0 Å². The van der Waals surface area contributed by atoms with Crippen LogP contribution in [0.1, 0.15) is 24.3 Å². The molecule has 15 heavy (non-hydrogen) atoms. The van der Waals surface area contributed by atoms with Gasteiger partial charge in [0.15, 0.2) is 0 Å². The number of hydrogen-bond acceptors (Lipinski definition) is 6. The smallest absolute Gasteiger partial charge is 0.203 e. The van der Waals surface area contributed by atoms with Crippen LogP contribution in [0.4, 0.5) is 5.13 Å².